The Kier molecular flexibility index (Phi) is 4.93. The first kappa shape index (κ1) is 17.7. The van der Waals surface area contributed by atoms with Crippen LogP contribution in [-0.4, -0.2) is 22.9 Å². The lowest BCUT2D eigenvalue weighted by Gasteiger charge is -2.29. The molecule has 3 N–H and O–H groups in total. The molecule has 0 bridgehead atoms. The molecule has 1 unspecified atom stereocenters. The van der Waals surface area contributed by atoms with Crippen molar-refractivity contribution in [3.05, 3.63) is 39.3 Å². The molecule has 1 aliphatic carbocycles. The molecular weight excluding hydrogens is 338 g/mol. The van der Waals surface area contributed by atoms with Crippen molar-refractivity contribution < 1.29 is 9.72 Å². The van der Waals surface area contributed by atoms with Gasteiger partial charge in [-0.25, -0.2) is 0 Å². The maximum atomic E-state index is 12.4. The average Bonchev–Trinajstić information content (AvgIpc) is 3.26. The minimum atomic E-state index is -0.435. The van der Waals surface area contributed by atoms with Gasteiger partial charge in [-0.1, -0.05) is 0 Å². The van der Waals surface area contributed by atoms with Crippen LogP contribution in [0.5, 0.6) is 0 Å². The summed E-state index contributed by atoms with van der Waals surface area (Å²) in [5, 5.41) is 14.6. The van der Waals surface area contributed by atoms with Crippen LogP contribution in [0.4, 0.5) is 5.69 Å². The number of amides is 1. The third kappa shape index (κ3) is 3.46. The summed E-state index contributed by atoms with van der Waals surface area (Å²) in [6, 6.07) is 6.32. The number of hydrogen-bond donors (Lipinski definition) is 2. The Bertz CT molecular complexity index is 760. The van der Waals surface area contributed by atoms with Gasteiger partial charge in [0, 0.05) is 28.8 Å². The summed E-state index contributed by atoms with van der Waals surface area (Å²) in [6.07, 6.45) is 2.18. The molecule has 8 heteroatoms. The van der Waals surface area contributed by atoms with Crippen molar-refractivity contribution in [2.75, 3.05) is 6.54 Å². The first-order valence-electron chi connectivity index (χ1n) is 7.13. The van der Waals surface area contributed by atoms with Gasteiger partial charge in [-0.3, -0.25) is 14.9 Å². The quantitative estimate of drug-likeness (QED) is 0.636. The van der Waals surface area contributed by atoms with E-state index in [4.69, 9.17) is 5.73 Å². The van der Waals surface area contributed by atoms with E-state index in [0.29, 0.717) is 22.7 Å². The fourth-order valence-corrected chi connectivity index (χ4v) is 3.56. The molecule has 1 atom stereocenters. The molecule has 2 aromatic rings. The highest BCUT2D eigenvalue weighted by Gasteiger charge is 2.41. The van der Waals surface area contributed by atoms with Crippen LogP contribution in [0.1, 0.15) is 29.4 Å². The topological polar surface area (TPSA) is 98.3 Å². The fourth-order valence-electron chi connectivity index (χ4n) is 2.62. The minimum Gasteiger partial charge on any atom is -0.345 e. The molecule has 1 saturated carbocycles. The molecule has 1 fully saturated rings. The Hall–Kier alpha value is -1.70. The predicted octanol–water partition coefficient (Wildman–Crippen LogP) is 3.09. The van der Waals surface area contributed by atoms with Gasteiger partial charge in [0.25, 0.3) is 11.6 Å². The van der Waals surface area contributed by atoms with Crippen LogP contribution < -0.4 is 11.1 Å². The number of nitrogens with one attached hydrogen (secondary N) is 1. The van der Waals surface area contributed by atoms with Gasteiger partial charge in [0.15, 0.2) is 0 Å². The smallest absolute Gasteiger partial charge is 0.270 e. The van der Waals surface area contributed by atoms with E-state index in [0.717, 1.165) is 17.5 Å². The summed E-state index contributed by atoms with van der Waals surface area (Å²) in [7, 11) is 0. The number of hydrogen-bond acceptors (Lipinski definition) is 5. The number of thiophene rings is 1. The van der Waals surface area contributed by atoms with Crippen LogP contribution in [0.2, 0.25) is 0 Å². The fraction of sp³-hybridized carbons (Fsp3) is 0.400. The first-order chi connectivity index (χ1) is 10.4. The third-order valence-corrected chi connectivity index (χ3v) is 5.35. The molecule has 1 aromatic carbocycles. The molecule has 23 heavy (non-hydrogen) atoms. The SMILES string of the molecule is CC(CN)(NC(=O)c1cc2cc([N+](=O)[O-])ccc2s1)C1CC1.Cl. The maximum Gasteiger partial charge on any atom is 0.270 e. The second-order valence-corrected chi connectivity index (χ2v) is 7.02. The van der Waals surface area contributed by atoms with Crippen molar-refractivity contribution in [3.63, 3.8) is 0 Å². The molecule has 1 heterocycles. The Morgan fingerprint density at radius 2 is 2.17 bits per heavy atom. The van der Waals surface area contributed by atoms with Gasteiger partial charge in [-0.2, -0.15) is 0 Å². The number of nitrogens with zero attached hydrogens (tertiary/aromatic N) is 1. The highest BCUT2D eigenvalue weighted by molar-refractivity contribution is 7.20. The Labute approximate surface area is 143 Å². The van der Waals surface area contributed by atoms with Crippen LogP contribution in [0.25, 0.3) is 10.1 Å². The molecule has 3 rings (SSSR count). The van der Waals surface area contributed by atoms with Gasteiger partial charge >= 0.3 is 0 Å². The van der Waals surface area contributed by atoms with Crippen molar-refractivity contribution in [1.82, 2.24) is 5.32 Å². The van der Waals surface area contributed by atoms with Crippen LogP contribution in [0.3, 0.4) is 0 Å². The molecule has 0 radical (unpaired) electrons. The van der Waals surface area contributed by atoms with Crippen molar-refractivity contribution in [2.45, 2.75) is 25.3 Å². The molecule has 0 spiro atoms. The highest BCUT2D eigenvalue weighted by Crippen LogP contribution is 2.39. The van der Waals surface area contributed by atoms with Crippen LogP contribution in [0, 0.1) is 16.0 Å². The molecule has 0 aliphatic heterocycles. The second-order valence-electron chi connectivity index (χ2n) is 5.94. The van der Waals surface area contributed by atoms with Crippen molar-refractivity contribution >= 4 is 45.4 Å². The summed E-state index contributed by atoms with van der Waals surface area (Å²) in [5.74, 6) is 0.278. The Balaban J connectivity index is 0.00000192. The van der Waals surface area contributed by atoms with Crippen LogP contribution in [-0.2, 0) is 0 Å². The molecule has 1 aromatic heterocycles. The largest absolute Gasteiger partial charge is 0.345 e. The lowest BCUT2D eigenvalue weighted by atomic mass is 9.96. The number of fused-ring (bicyclic) bond motifs is 1. The average molecular weight is 356 g/mol. The molecular formula is C15H18ClN3O3S. The highest BCUT2D eigenvalue weighted by atomic mass is 35.5. The zero-order valence-corrected chi connectivity index (χ0v) is 14.2. The number of nitrogens with two attached hydrogens (primary N) is 1. The number of benzene rings is 1. The van der Waals surface area contributed by atoms with Crippen molar-refractivity contribution in [1.29, 1.82) is 0 Å². The lowest BCUT2D eigenvalue weighted by molar-refractivity contribution is -0.384. The number of non-ortho nitro benzene ring substituents is 1. The van der Waals surface area contributed by atoms with E-state index in [2.05, 4.69) is 5.32 Å². The predicted molar refractivity (Wildman–Crippen MR) is 93.4 cm³/mol. The van der Waals surface area contributed by atoms with E-state index in [1.165, 1.54) is 23.5 Å². The lowest BCUT2D eigenvalue weighted by Crippen LogP contribution is -2.53. The minimum absolute atomic E-state index is 0. The van der Waals surface area contributed by atoms with E-state index in [1.807, 2.05) is 6.92 Å². The number of nitro benzene ring substituents is 1. The van der Waals surface area contributed by atoms with Crippen molar-refractivity contribution in [3.8, 4) is 0 Å². The van der Waals surface area contributed by atoms with Gasteiger partial charge in [-0.05, 0) is 37.8 Å². The summed E-state index contributed by atoms with van der Waals surface area (Å²) in [6.45, 7) is 2.38. The molecule has 1 aliphatic rings. The summed E-state index contributed by atoms with van der Waals surface area (Å²) in [5.41, 5.74) is 5.47. The van der Waals surface area contributed by atoms with E-state index >= 15 is 0 Å². The standard InChI is InChI=1S/C15H17N3O3S.ClH/c1-15(8-16,10-2-3-10)17-14(19)13-7-9-6-11(18(20)21)4-5-12(9)22-13;/h4-7,10H,2-3,8,16H2,1H3,(H,17,19);1H. The number of rotatable bonds is 5. The normalized spacial score (nSPS) is 16.4. The number of halogens is 1. The Morgan fingerprint density at radius 1 is 1.48 bits per heavy atom. The van der Waals surface area contributed by atoms with E-state index in [1.54, 1.807) is 12.1 Å². The zero-order valence-electron chi connectivity index (χ0n) is 12.6. The van der Waals surface area contributed by atoms with Crippen LogP contribution >= 0.6 is 23.7 Å². The monoisotopic (exact) mass is 355 g/mol. The summed E-state index contributed by atoms with van der Waals surface area (Å²) >= 11 is 1.33. The van der Waals surface area contributed by atoms with Gasteiger partial charge in [0.1, 0.15) is 0 Å². The summed E-state index contributed by atoms with van der Waals surface area (Å²) < 4.78 is 0.858. The van der Waals surface area contributed by atoms with Gasteiger partial charge in [-0.15, -0.1) is 23.7 Å². The van der Waals surface area contributed by atoms with E-state index in [9.17, 15) is 14.9 Å². The van der Waals surface area contributed by atoms with E-state index in [-0.39, 0.29) is 29.5 Å². The zero-order chi connectivity index (χ0) is 15.9. The molecule has 0 saturated heterocycles. The molecule has 124 valence electrons. The number of carbonyl (C=O) groups is 1. The van der Waals surface area contributed by atoms with Gasteiger partial charge < -0.3 is 11.1 Å². The molecule has 6 nitrogen and oxygen atoms in total. The maximum absolute atomic E-state index is 12.4. The van der Waals surface area contributed by atoms with Gasteiger partial charge in [0.05, 0.1) is 15.3 Å². The van der Waals surface area contributed by atoms with Crippen LogP contribution in [0.15, 0.2) is 24.3 Å². The van der Waals surface area contributed by atoms with E-state index < -0.39 is 4.92 Å². The number of nitro groups is 1. The Morgan fingerprint density at radius 3 is 2.74 bits per heavy atom. The summed E-state index contributed by atoms with van der Waals surface area (Å²) in [4.78, 5) is 23.4. The third-order valence-electron chi connectivity index (χ3n) is 4.24. The van der Waals surface area contributed by atoms with Crippen molar-refractivity contribution in [2.24, 2.45) is 11.7 Å². The number of carbonyl (C=O) groups excluding carboxylic acids is 1. The first-order valence-corrected chi connectivity index (χ1v) is 7.95. The molecule has 1 amide bonds. The van der Waals surface area contributed by atoms with Gasteiger partial charge in [0.2, 0.25) is 0 Å². The second kappa shape index (κ2) is 6.43.